The van der Waals surface area contributed by atoms with Gasteiger partial charge in [0.1, 0.15) is 0 Å². The van der Waals surface area contributed by atoms with Gasteiger partial charge in [0.2, 0.25) is 0 Å². The van der Waals surface area contributed by atoms with Gasteiger partial charge in [0.05, 0.1) is 17.0 Å². The van der Waals surface area contributed by atoms with E-state index in [1.54, 1.807) is 6.07 Å². The average molecular weight is 430 g/mol. The lowest BCUT2D eigenvalue weighted by molar-refractivity contribution is -0.110. The fourth-order valence-electron chi connectivity index (χ4n) is 4.31. The van der Waals surface area contributed by atoms with E-state index < -0.39 is 0 Å². The minimum atomic E-state index is -0.130. The van der Waals surface area contributed by atoms with Gasteiger partial charge in [-0.05, 0) is 61.3 Å². The molecule has 4 nitrogen and oxygen atoms in total. The van der Waals surface area contributed by atoms with Gasteiger partial charge < -0.3 is 10.6 Å². The number of benzene rings is 3. The first kappa shape index (κ1) is 19.9. The highest BCUT2D eigenvalue weighted by molar-refractivity contribution is 6.38. The van der Waals surface area contributed by atoms with Gasteiger partial charge in [0.15, 0.2) is 0 Å². The number of fused-ring (bicyclic) bond motifs is 1. The van der Waals surface area contributed by atoms with Crippen molar-refractivity contribution in [1.82, 2.24) is 4.90 Å². The minimum absolute atomic E-state index is 0.130. The predicted octanol–water partition coefficient (Wildman–Crippen LogP) is 5.87. The lowest BCUT2D eigenvalue weighted by Gasteiger charge is -2.17. The van der Waals surface area contributed by atoms with Crippen molar-refractivity contribution in [3.8, 4) is 0 Å². The molecule has 1 fully saturated rings. The smallest absolute Gasteiger partial charge is 0.258 e. The second-order valence-electron chi connectivity index (χ2n) is 8.07. The molecule has 0 atom stereocenters. The SMILES string of the molecule is O=C1Nc2cc(Cl)ccc2/C1=C(/Nc1ccc(CN2CCCC2)cc1)c1ccccc1. The lowest BCUT2D eigenvalue weighted by Crippen LogP contribution is -2.18. The average Bonchev–Trinajstić information content (AvgIpc) is 3.40. The van der Waals surface area contributed by atoms with Crippen LogP contribution in [0, 0.1) is 0 Å². The normalized spacial score (nSPS) is 17.4. The second kappa shape index (κ2) is 8.58. The number of halogens is 1. The van der Waals surface area contributed by atoms with Crippen LogP contribution in [0.15, 0.2) is 72.8 Å². The molecular weight excluding hydrogens is 406 g/mol. The molecule has 2 aliphatic heterocycles. The van der Waals surface area contributed by atoms with Crippen molar-refractivity contribution in [3.05, 3.63) is 94.5 Å². The molecule has 0 radical (unpaired) electrons. The Labute approximate surface area is 187 Å². The standard InChI is InChI=1S/C26H24ClN3O/c27-20-10-13-22-23(16-20)29-26(31)24(22)25(19-6-2-1-3-7-19)28-21-11-8-18(9-12-21)17-30-14-4-5-15-30/h1-3,6-13,16,28H,4-5,14-15,17H2,(H,29,31)/b25-24-. The highest BCUT2D eigenvalue weighted by Gasteiger charge is 2.28. The summed E-state index contributed by atoms with van der Waals surface area (Å²) in [6.45, 7) is 3.36. The Morgan fingerprint density at radius 2 is 1.71 bits per heavy atom. The van der Waals surface area contributed by atoms with Crippen LogP contribution in [0.5, 0.6) is 0 Å². The summed E-state index contributed by atoms with van der Waals surface area (Å²) in [5.74, 6) is -0.130. The van der Waals surface area contributed by atoms with Crippen molar-refractivity contribution < 1.29 is 4.79 Å². The van der Waals surface area contributed by atoms with Crippen LogP contribution >= 0.6 is 11.6 Å². The van der Waals surface area contributed by atoms with E-state index in [9.17, 15) is 4.79 Å². The second-order valence-corrected chi connectivity index (χ2v) is 8.50. The quantitative estimate of drug-likeness (QED) is 0.498. The summed E-state index contributed by atoms with van der Waals surface area (Å²) in [6.07, 6.45) is 2.59. The Kier molecular flexibility index (Phi) is 5.49. The maximum Gasteiger partial charge on any atom is 0.258 e. The van der Waals surface area contributed by atoms with Crippen LogP contribution in [0.2, 0.25) is 5.02 Å². The van der Waals surface area contributed by atoms with Gasteiger partial charge in [-0.3, -0.25) is 9.69 Å². The molecule has 0 spiro atoms. The Bertz CT molecular complexity index is 1130. The third-order valence-electron chi connectivity index (χ3n) is 5.87. The van der Waals surface area contributed by atoms with Gasteiger partial charge in [-0.25, -0.2) is 0 Å². The van der Waals surface area contributed by atoms with Crippen LogP contribution in [0.25, 0.3) is 11.3 Å². The van der Waals surface area contributed by atoms with Crippen LogP contribution in [0.3, 0.4) is 0 Å². The summed E-state index contributed by atoms with van der Waals surface area (Å²) in [6, 6.07) is 24.0. The maximum absolute atomic E-state index is 12.9. The first-order chi connectivity index (χ1) is 15.2. The van der Waals surface area contributed by atoms with Gasteiger partial charge in [-0.15, -0.1) is 0 Å². The molecular formula is C26H24ClN3O. The van der Waals surface area contributed by atoms with Crippen LogP contribution < -0.4 is 10.6 Å². The number of hydrogen-bond acceptors (Lipinski definition) is 3. The Morgan fingerprint density at radius 1 is 0.968 bits per heavy atom. The Morgan fingerprint density at radius 3 is 2.45 bits per heavy atom. The lowest BCUT2D eigenvalue weighted by atomic mass is 10.00. The summed E-state index contributed by atoms with van der Waals surface area (Å²) >= 11 is 6.13. The van der Waals surface area contributed by atoms with Crippen molar-refractivity contribution >= 4 is 40.2 Å². The van der Waals surface area contributed by atoms with Gasteiger partial charge in [-0.2, -0.15) is 0 Å². The number of anilines is 2. The number of carbonyl (C=O) groups is 1. The van der Waals surface area contributed by atoms with Gasteiger partial charge in [0, 0.05) is 22.8 Å². The number of nitrogens with one attached hydrogen (secondary N) is 2. The summed E-state index contributed by atoms with van der Waals surface area (Å²) in [7, 11) is 0. The number of hydrogen-bond donors (Lipinski definition) is 2. The molecule has 31 heavy (non-hydrogen) atoms. The van der Waals surface area contributed by atoms with E-state index in [0.717, 1.165) is 34.7 Å². The molecule has 2 aliphatic rings. The Balaban J connectivity index is 1.50. The van der Waals surface area contributed by atoms with Crippen LogP contribution in [-0.4, -0.2) is 23.9 Å². The zero-order valence-electron chi connectivity index (χ0n) is 17.2. The van der Waals surface area contributed by atoms with E-state index >= 15 is 0 Å². The number of nitrogens with zero attached hydrogens (tertiary/aromatic N) is 1. The van der Waals surface area contributed by atoms with Crippen molar-refractivity contribution in [2.24, 2.45) is 0 Å². The van der Waals surface area contributed by atoms with Crippen molar-refractivity contribution in [3.63, 3.8) is 0 Å². The number of amides is 1. The third-order valence-corrected chi connectivity index (χ3v) is 6.10. The summed E-state index contributed by atoms with van der Waals surface area (Å²) in [4.78, 5) is 15.4. The van der Waals surface area contributed by atoms with Crippen LogP contribution in [0.4, 0.5) is 11.4 Å². The van der Waals surface area contributed by atoms with Crippen molar-refractivity contribution in [2.75, 3.05) is 23.7 Å². The van der Waals surface area contributed by atoms with Crippen molar-refractivity contribution in [1.29, 1.82) is 0 Å². The first-order valence-electron chi connectivity index (χ1n) is 10.7. The van der Waals surface area contributed by atoms with Gasteiger partial charge in [-0.1, -0.05) is 60.1 Å². The molecule has 0 aliphatic carbocycles. The fourth-order valence-corrected chi connectivity index (χ4v) is 4.49. The van der Waals surface area contributed by atoms with Crippen LogP contribution in [-0.2, 0) is 11.3 Å². The highest BCUT2D eigenvalue weighted by Crippen LogP contribution is 2.38. The molecule has 2 N–H and O–H groups in total. The summed E-state index contributed by atoms with van der Waals surface area (Å²) in [5.41, 5.74) is 6.21. The molecule has 156 valence electrons. The van der Waals surface area contributed by atoms with E-state index in [-0.39, 0.29) is 5.91 Å². The molecule has 1 amide bonds. The van der Waals surface area contributed by atoms with Gasteiger partial charge >= 0.3 is 0 Å². The summed E-state index contributed by atoms with van der Waals surface area (Å²) < 4.78 is 0. The predicted molar refractivity (Wildman–Crippen MR) is 128 cm³/mol. The summed E-state index contributed by atoms with van der Waals surface area (Å²) in [5, 5.41) is 7.06. The fraction of sp³-hybridized carbons (Fsp3) is 0.192. The monoisotopic (exact) mass is 429 g/mol. The topological polar surface area (TPSA) is 44.4 Å². The van der Waals surface area contributed by atoms with E-state index in [0.29, 0.717) is 10.6 Å². The number of likely N-dealkylation sites (tertiary alicyclic amines) is 1. The van der Waals surface area contributed by atoms with Crippen LogP contribution in [0.1, 0.15) is 29.5 Å². The molecule has 0 saturated carbocycles. The number of carbonyl (C=O) groups excluding carboxylic acids is 1. The minimum Gasteiger partial charge on any atom is -0.354 e. The zero-order valence-corrected chi connectivity index (χ0v) is 18.0. The molecule has 0 bridgehead atoms. The number of rotatable bonds is 5. The molecule has 5 rings (SSSR count). The molecule has 2 heterocycles. The van der Waals surface area contributed by atoms with E-state index in [2.05, 4.69) is 39.8 Å². The van der Waals surface area contributed by atoms with E-state index in [1.165, 1.54) is 31.5 Å². The third kappa shape index (κ3) is 4.22. The maximum atomic E-state index is 12.9. The molecule has 1 saturated heterocycles. The van der Waals surface area contributed by atoms with E-state index in [1.807, 2.05) is 42.5 Å². The van der Waals surface area contributed by atoms with E-state index in [4.69, 9.17) is 11.6 Å². The molecule has 0 unspecified atom stereocenters. The molecule has 3 aromatic carbocycles. The largest absolute Gasteiger partial charge is 0.354 e. The highest BCUT2D eigenvalue weighted by atomic mass is 35.5. The molecule has 3 aromatic rings. The zero-order chi connectivity index (χ0) is 21.2. The van der Waals surface area contributed by atoms with Crippen molar-refractivity contribution in [2.45, 2.75) is 19.4 Å². The molecule has 5 heteroatoms. The first-order valence-corrected chi connectivity index (χ1v) is 11.0. The molecule has 0 aromatic heterocycles. The van der Waals surface area contributed by atoms with Gasteiger partial charge in [0.25, 0.3) is 5.91 Å². The Hall–Kier alpha value is -3.08.